The summed E-state index contributed by atoms with van der Waals surface area (Å²) in [4.78, 5) is 26.3. The van der Waals surface area contributed by atoms with Crippen molar-refractivity contribution in [2.75, 3.05) is 6.54 Å². The molecule has 0 heterocycles. The van der Waals surface area contributed by atoms with Crippen molar-refractivity contribution in [2.24, 2.45) is 0 Å². The molecule has 0 saturated carbocycles. The van der Waals surface area contributed by atoms with Gasteiger partial charge in [0.2, 0.25) is 0 Å². The second-order valence-corrected chi connectivity index (χ2v) is 6.80. The number of hydrogen-bond donors (Lipinski definition) is 0. The van der Waals surface area contributed by atoms with Gasteiger partial charge in [0.05, 0.1) is 0 Å². The molecular formula is C19H17NO2Se. The van der Waals surface area contributed by atoms with Gasteiger partial charge < -0.3 is 0 Å². The van der Waals surface area contributed by atoms with Gasteiger partial charge in [0.25, 0.3) is 0 Å². The van der Waals surface area contributed by atoms with Crippen LogP contribution in [0.5, 0.6) is 0 Å². The Bertz CT molecular complexity index is 717. The van der Waals surface area contributed by atoms with Crippen molar-refractivity contribution < 1.29 is 9.59 Å². The number of rotatable bonds is 4. The van der Waals surface area contributed by atoms with E-state index in [4.69, 9.17) is 0 Å². The number of carbonyl (C=O) groups is 2. The molecule has 23 heavy (non-hydrogen) atoms. The molecule has 116 valence electrons. The Hall–Kier alpha value is -2.34. The normalized spacial score (nSPS) is 9.61. The molecule has 0 aliphatic carbocycles. The molecule has 4 heteroatoms. The summed E-state index contributed by atoms with van der Waals surface area (Å²) in [6.45, 7) is 2.07. The average molecular weight is 370 g/mol. The zero-order valence-electron chi connectivity index (χ0n) is 12.9. The van der Waals surface area contributed by atoms with Crippen molar-refractivity contribution in [3.63, 3.8) is 0 Å². The van der Waals surface area contributed by atoms with E-state index < -0.39 is 15.0 Å². The molecule has 0 spiro atoms. The van der Waals surface area contributed by atoms with Crippen molar-refractivity contribution in [3.05, 3.63) is 66.2 Å². The van der Waals surface area contributed by atoms with Crippen LogP contribution in [0.15, 0.2) is 60.7 Å². The van der Waals surface area contributed by atoms with Crippen LogP contribution in [0.3, 0.4) is 0 Å². The van der Waals surface area contributed by atoms with Crippen LogP contribution in [-0.2, 0) is 0 Å². The Kier molecular flexibility index (Phi) is 6.62. The molecule has 0 bridgehead atoms. The number of benzene rings is 2. The van der Waals surface area contributed by atoms with Crippen molar-refractivity contribution in [3.8, 4) is 11.8 Å². The van der Waals surface area contributed by atoms with E-state index in [1.165, 1.54) is 4.90 Å². The number of amides is 2. The average Bonchev–Trinajstić information content (AvgIpc) is 2.60. The first-order chi connectivity index (χ1) is 11.2. The van der Waals surface area contributed by atoms with Crippen LogP contribution >= 0.6 is 0 Å². The summed E-state index contributed by atoms with van der Waals surface area (Å²) in [5, 5.41) is 0. The van der Waals surface area contributed by atoms with E-state index >= 15 is 0 Å². The first kappa shape index (κ1) is 17.0. The molecule has 2 aromatic carbocycles. The van der Waals surface area contributed by atoms with Gasteiger partial charge in [0.1, 0.15) is 0 Å². The molecule has 2 rings (SSSR count). The van der Waals surface area contributed by atoms with E-state index in [9.17, 15) is 9.59 Å². The molecule has 0 saturated heterocycles. The van der Waals surface area contributed by atoms with Crippen LogP contribution in [0.25, 0.3) is 0 Å². The van der Waals surface area contributed by atoms with Gasteiger partial charge in [-0.3, -0.25) is 0 Å². The first-order valence-electron chi connectivity index (χ1n) is 7.32. The third kappa shape index (κ3) is 5.10. The van der Waals surface area contributed by atoms with Crippen LogP contribution < -0.4 is 4.46 Å². The van der Waals surface area contributed by atoms with Crippen LogP contribution in [0, 0.1) is 11.8 Å². The molecule has 2 aromatic rings. The summed E-state index contributed by atoms with van der Waals surface area (Å²) < 4.78 is 0.944. The molecule has 0 radical (unpaired) electrons. The SMILES string of the molecule is CCC#CCN(C(=O)[Se]c1ccccc1)C(=O)c1ccccc1. The van der Waals surface area contributed by atoms with Crippen LogP contribution in [0.2, 0.25) is 0 Å². The predicted molar refractivity (Wildman–Crippen MR) is 92.8 cm³/mol. The zero-order valence-corrected chi connectivity index (χ0v) is 14.6. The van der Waals surface area contributed by atoms with Gasteiger partial charge >= 0.3 is 143 Å². The van der Waals surface area contributed by atoms with Crippen molar-refractivity contribution in [1.82, 2.24) is 4.90 Å². The summed E-state index contributed by atoms with van der Waals surface area (Å²) >= 11 is -0.445. The van der Waals surface area contributed by atoms with Gasteiger partial charge in [0.15, 0.2) is 0 Å². The Morgan fingerprint density at radius 2 is 1.57 bits per heavy atom. The molecular weight excluding hydrogens is 353 g/mol. The Morgan fingerprint density at radius 3 is 2.17 bits per heavy atom. The fourth-order valence-electron chi connectivity index (χ4n) is 1.86. The molecule has 0 aromatic heterocycles. The van der Waals surface area contributed by atoms with Gasteiger partial charge in [-0.25, -0.2) is 0 Å². The number of carbonyl (C=O) groups excluding carboxylic acids is 2. The molecule has 0 unspecified atom stereocenters. The molecule has 3 nitrogen and oxygen atoms in total. The van der Waals surface area contributed by atoms with E-state index in [0.29, 0.717) is 12.0 Å². The van der Waals surface area contributed by atoms with Crippen molar-refractivity contribution in [2.45, 2.75) is 13.3 Å². The number of nitrogens with zero attached hydrogens (tertiary/aromatic N) is 1. The minimum atomic E-state index is -0.445. The summed E-state index contributed by atoms with van der Waals surface area (Å²) in [6.07, 6.45) is 0.700. The second-order valence-electron chi connectivity index (χ2n) is 4.65. The van der Waals surface area contributed by atoms with E-state index in [1.54, 1.807) is 24.3 Å². The summed E-state index contributed by atoms with van der Waals surface area (Å²) in [5.74, 6) is 5.52. The Balaban J connectivity index is 2.19. The van der Waals surface area contributed by atoms with Crippen molar-refractivity contribution >= 4 is 30.1 Å². The standard InChI is InChI=1S/C19H17NO2Se/c1-2-3-10-15-20(18(21)16-11-6-4-7-12-16)19(22)23-17-13-8-5-9-14-17/h4-9,11-14H,2,15H2,1H3. The molecule has 0 aliphatic rings. The Morgan fingerprint density at radius 1 is 0.957 bits per heavy atom. The number of hydrogen-bond acceptors (Lipinski definition) is 2. The predicted octanol–water partition coefficient (Wildman–Crippen LogP) is 2.69. The molecule has 0 fully saturated rings. The minimum absolute atomic E-state index is 0.134. The van der Waals surface area contributed by atoms with Gasteiger partial charge in [0, 0.05) is 0 Å². The quantitative estimate of drug-likeness (QED) is 0.613. The molecule has 0 atom stereocenters. The van der Waals surface area contributed by atoms with Gasteiger partial charge in [-0.05, 0) is 0 Å². The van der Waals surface area contributed by atoms with E-state index in [-0.39, 0.29) is 17.3 Å². The van der Waals surface area contributed by atoms with Gasteiger partial charge in [-0.1, -0.05) is 0 Å². The maximum atomic E-state index is 12.6. The summed E-state index contributed by atoms with van der Waals surface area (Å²) in [7, 11) is 0. The van der Waals surface area contributed by atoms with Crippen LogP contribution in [0.1, 0.15) is 23.7 Å². The third-order valence-corrected chi connectivity index (χ3v) is 4.87. The fourth-order valence-corrected chi connectivity index (χ4v) is 3.44. The monoisotopic (exact) mass is 371 g/mol. The Labute approximate surface area is 142 Å². The molecule has 2 amide bonds. The number of imide groups is 1. The maximum absolute atomic E-state index is 12.6. The van der Waals surface area contributed by atoms with E-state index in [1.807, 2.05) is 43.3 Å². The van der Waals surface area contributed by atoms with Crippen LogP contribution in [0.4, 0.5) is 4.79 Å². The van der Waals surface area contributed by atoms with E-state index in [2.05, 4.69) is 11.8 Å². The van der Waals surface area contributed by atoms with Gasteiger partial charge in [-0.15, -0.1) is 0 Å². The third-order valence-electron chi connectivity index (χ3n) is 2.97. The van der Waals surface area contributed by atoms with Crippen LogP contribution in [-0.4, -0.2) is 37.1 Å². The summed E-state index contributed by atoms with van der Waals surface area (Å²) in [5.41, 5.74) is 0.503. The van der Waals surface area contributed by atoms with Gasteiger partial charge in [-0.2, -0.15) is 0 Å². The van der Waals surface area contributed by atoms with Crippen molar-refractivity contribution in [1.29, 1.82) is 0 Å². The second kappa shape index (κ2) is 8.95. The molecule has 0 N–H and O–H groups in total. The molecule has 0 aliphatic heterocycles. The zero-order chi connectivity index (χ0) is 16.5. The van der Waals surface area contributed by atoms with E-state index in [0.717, 1.165) is 4.46 Å². The summed E-state index contributed by atoms with van der Waals surface area (Å²) in [6, 6.07) is 18.3. The first-order valence-corrected chi connectivity index (χ1v) is 9.03. The fraction of sp³-hybridized carbons (Fsp3) is 0.158. The topological polar surface area (TPSA) is 37.4 Å².